The molecular formula is C33H33F6N3O6S. The van der Waals surface area contributed by atoms with Gasteiger partial charge in [-0.05, 0) is 74.4 Å². The minimum atomic E-state index is -4.80. The molecule has 1 spiro atoms. The number of carbonyl (C=O) groups excluding carboxylic acids is 1. The van der Waals surface area contributed by atoms with Gasteiger partial charge >= 0.3 is 18.9 Å². The summed E-state index contributed by atoms with van der Waals surface area (Å²) < 4.78 is 126. The van der Waals surface area contributed by atoms with Gasteiger partial charge < -0.3 is 19.1 Å². The molecule has 0 unspecified atom stereocenters. The van der Waals surface area contributed by atoms with Crippen molar-refractivity contribution in [3.8, 4) is 22.6 Å². The minimum absolute atomic E-state index is 0.0289. The largest absolute Gasteiger partial charge is 0.485 e. The van der Waals surface area contributed by atoms with E-state index in [2.05, 4.69) is 4.74 Å². The first-order chi connectivity index (χ1) is 22.8. The van der Waals surface area contributed by atoms with Gasteiger partial charge in [0.15, 0.2) is 0 Å². The Kier molecular flexibility index (Phi) is 8.70. The maximum absolute atomic E-state index is 14.4. The summed E-state index contributed by atoms with van der Waals surface area (Å²) in [5.41, 5.74) is -1.62. The fraction of sp³-hybridized carbons (Fsp3) is 0.424. The normalized spacial score (nSPS) is 19.2. The molecule has 0 N–H and O–H groups in total. The fourth-order valence-electron chi connectivity index (χ4n) is 6.41. The number of alkyl halides is 5. The van der Waals surface area contributed by atoms with E-state index >= 15 is 0 Å². The zero-order chi connectivity index (χ0) is 35.5. The SMILES string of the molecule is CC(C)(C)OC(=O)N1CC2(CN(C[C@H]3CN(S(=O)(=O)c4cccc(C(F)(F)F)c4)c4cc(-c5cc(F)cc(OC(F)F)c5)ccc4O3)C2)C1. The van der Waals surface area contributed by atoms with Crippen molar-refractivity contribution in [2.45, 2.75) is 50.2 Å². The van der Waals surface area contributed by atoms with Crippen molar-refractivity contribution in [2.24, 2.45) is 5.41 Å². The summed E-state index contributed by atoms with van der Waals surface area (Å²) in [6.45, 7) is 4.39. The second-order valence-electron chi connectivity index (χ2n) is 13.5. The molecule has 264 valence electrons. The summed E-state index contributed by atoms with van der Waals surface area (Å²) >= 11 is 0. The summed E-state index contributed by atoms with van der Waals surface area (Å²) in [6.07, 6.45) is -5.93. The lowest BCUT2D eigenvalue weighted by molar-refractivity contribution is -0.137. The first kappa shape index (κ1) is 34.7. The molecule has 0 bridgehead atoms. The molecule has 2 fully saturated rings. The Morgan fingerprint density at radius 3 is 2.35 bits per heavy atom. The average molecular weight is 714 g/mol. The van der Waals surface area contributed by atoms with Crippen molar-refractivity contribution in [3.05, 3.63) is 72.0 Å². The number of halogens is 6. The van der Waals surface area contributed by atoms with Gasteiger partial charge in [-0.15, -0.1) is 0 Å². The van der Waals surface area contributed by atoms with Gasteiger partial charge in [0.25, 0.3) is 10.0 Å². The molecule has 3 aliphatic heterocycles. The van der Waals surface area contributed by atoms with Crippen LogP contribution in [0.15, 0.2) is 65.6 Å². The molecule has 49 heavy (non-hydrogen) atoms. The van der Waals surface area contributed by atoms with Crippen molar-refractivity contribution in [1.82, 2.24) is 9.80 Å². The highest BCUT2D eigenvalue weighted by Gasteiger charge is 2.54. The molecule has 16 heteroatoms. The van der Waals surface area contributed by atoms with E-state index in [1.807, 2.05) is 4.90 Å². The zero-order valence-electron chi connectivity index (χ0n) is 26.6. The number of anilines is 1. The first-order valence-corrected chi connectivity index (χ1v) is 16.7. The van der Waals surface area contributed by atoms with Crippen LogP contribution in [-0.4, -0.2) is 81.9 Å². The molecule has 3 heterocycles. The molecule has 1 amide bonds. The Bertz CT molecular complexity index is 1850. The maximum Gasteiger partial charge on any atom is 0.416 e. The smallest absolute Gasteiger partial charge is 0.416 e. The number of hydrogen-bond donors (Lipinski definition) is 0. The van der Waals surface area contributed by atoms with Gasteiger partial charge in [-0.2, -0.15) is 22.0 Å². The van der Waals surface area contributed by atoms with Crippen LogP contribution in [0.25, 0.3) is 11.1 Å². The van der Waals surface area contributed by atoms with Gasteiger partial charge in [0.1, 0.15) is 29.0 Å². The molecule has 9 nitrogen and oxygen atoms in total. The zero-order valence-corrected chi connectivity index (χ0v) is 27.5. The van der Waals surface area contributed by atoms with Crippen LogP contribution in [0, 0.1) is 11.2 Å². The number of rotatable bonds is 7. The number of ether oxygens (including phenoxy) is 3. The topological polar surface area (TPSA) is 88.6 Å². The van der Waals surface area contributed by atoms with Gasteiger partial charge in [0.2, 0.25) is 0 Å². The second kappa shape index (κ2) is 12.3. The molecule has 6 rings (SSSR count). The molecule has 3 aromatic rings. The third-order valence-electron chi connectivity index (χ3n) is 8.35. The second-order valence-corrected chi connectivity index (χ2v) is 15.4. The number of sulfonamides is 1. The Labute approximate surface area is 279 Å². The summed E-state index contributed by atoms with van der Waals surface area (Å²) in [6, 6.07) is 10.6. The van der Waals surface area contributed by atoms with Crippen LogP contribution in [0.5, 0.6) is 11.5 Å². The molecule has 0 aromatic heterocycles. The highest BCUT2D eigenvalue weighted by Crippen LogP contribution is 2.44. The first-order valence-electron chi connectivity index (χ1n) is 15.3. The molecule has 1 atom stereocenters. The van der Waals surface area contributed by atoms with Crippen LogP contribution < -0.4 is 13.8 Å². The fourth-order valence-corrected chi connectivity index (χ4v) is 7.96. The Morgan fingerprint density at radius 2 is 1.69 bits per heavy atom. The lowest BCUT2D eigenvalue weighted by Crippen LogP contribution is -2.73. The van der Waals surface area contributed by atoms with Crippen molar-refractivity contribution < 1.29 is 53.8 Å². The monoisotopic (exact) mass is 713 g/mol. The van der Waals surface area contributed by atoms with Crippen LogP contribution in [0.2, 0.25) is 0 Å². The Hall–Kier alpha value is -4.18. The van der Waals surface area contributed by atoms with Gasteiger partial charge in [-0.25, -0.2) is 17.6 Å². The van der Waals surface area contributed by atoms with Gasteiger partial charge in [0, 0.05) is 44.2 Å². The number of amides is 1. The summed E-state index contributed by atoms with van der Waals surface area (Å²) in [5.74, 6) is -1.24. The summed E-state index contributed by atoms with van der Waals surface area (Å²) in [5, 5.41) is 0. The highest BCUT2D eigenvalue weighted by atomic mass is 32.2. The van der Waals surface area contributed by atoms with E-state index in [1.165, 1.54) is 18.2 Å². The predicted molar refractivity (Wildman–Crippen MR) is 166 cm³/mol. The molecule has 0 saturated carbocycles. The quantitative estimate of drug-likeness (QED) is 0.255. The number of carbonyl (C=O) groups is 1. The van der Waals surface area contributed by atoms with E-state index in [0.29, 0.717) is 32.2 Å². The Morgan fingerprint density at radius 1 is 0.980 bits per heavy atom. The number of hydrogen-bond acceptors (Lipinski definition) is 7. The minimum Gasteiger partial charge on any atom is -0.485 e. The van der Waals surface area contributed by atoms with E-state index in [4.69, 9.17) is 9.47 Å². The van der Waals surface area contributed by atoms with Gasteiger partial charge in [-0.3, -0.25) is 9.21 Å². The summed E-state index contributed by atoms with van der Waals surface area (Å²) in [7, 11) is -4.62. The number of fused-ring (bicyclic) bond motifs is 1. The molecule has 0 aliphatic carbocycles. The molecule has 3 aliphatic rings. The molecule has 0 radical (unpaired) electrons. The highest BCUT2D eigenvalue weighted by molar-refractivity contribution is 7.92. The van der Waals surface area contributed by atoms with Crippen molar-refractivity contribution >= 4 is 21.8 Å². The third kappa shape index (κ3) is 7.39. The summed E-state index contributed by atoms with van der Waals surface area (Å²) in [4.78, 5) is 15.5. The molecular weight excluding hydrogens is 680 g/mol. The number of likely N-dealkylation sites (tertiary alicyclic amines) is 2. The van der Waals surface area contributed by atoms with E-state index in [0.717, 1.165) is 40.7 Å². The number of benzene rings is 3. The van der Waals surface area contributed by atoms with E-state index in [-0.39, 0.29) is 41.1 Å². The lowest BCUT2D eigenvalue weighted by Gasteiger charge is -2.60. The van der Waals surface area contributed by atoms with Gasteiger partial charge in [0.05, 0.1) is 22.7 Å². The van der Waals surface area contributed by atoms with Crippen LogP contribution in [0.1, 0.15) is 26.3 Å². The van der Waals surface area contributed by atoms with E-state index < -0.39 is 62.6 Å². The standard InChI is InChI=1S/C33H33F6N3O6S/c1-31(2,3)48-30(43)41-18-32(19-41)16-40(17-32)14-25-15-42(49(44,45)26-6-4-5-22(12-26)33(37,38)39)27-11-20(7-8-28(27)46-25)21-9-23(34)13-24(10-21)47-29(35)36/h4-13,25,29H,14-19H2,1-3H3/t25-/m0/s1. The van der Waals surface area contributed by atoms with Crippen molar-refractivity contribution in [1.29, 1.82) is 0 Å². The van der Waals surface area contributed by atoms with Crippen LogP contribution >= 0.6 is 0 Å². The van der Waals surface area contributed by atoms with Crippen LogP contribution in [0.3, 0.4) is 0 Å². The third-order valence-corrected chi connectivity index (χ3v) is 10.1. The van der Waals surface area contributed by atoms with Crippen molar-refractivity contribution in [2.75, 3.05) is 43.6 Å². The average Bonchev–Trinajstić information content (AvgIpc) is 2.95. The predicted octanol–water partition coefficient (Wildman–Crippen LogP) is 6.62. The van der Waals surface area contributed by atoms with E-state index in [9.17, 15) is 39.6 Å². The maximum atomic E-state index is 14.4. The Balaban J connectivity index is 1.26. The van der Waals surface area contributed by atoms with Gasteiger partial charge in [-0.1, -0.05) is 12.1 Å². The molecule has 2 saturated heterocycles. The van der Waals surface area contributed by atoms with Crippen LogP contribution in [-0.2, 0) is 20.9 Å². The number of nitrogens with zero attached hydrogens (tertiary/aromatic N) is 3. The van der Waals surface area contributed by atoms with Crippen molar-refractivity contribution in [3.63, 3.8) is 0 Å². The lowest BCUT2D eigenvalue weighted by atomic mass is 9.73. The van der Waals surface area contributed by atoms with E-state index in [1.54, 1.807) is 25.7 Å². The van der Waals surface area contributed by atoms with Crippen LogP contribution in [0.4, 0.5) is 36.8 Å². The molecule has 3 aromatic carbocycles.